The first-order valence-electron chi connectivity index (χ1n) is 5.77. The van der Waals surface area contributed by atoms with Crippen LogP contribution >= 0.6 is 0 Å². The molecule has 2 nitrogen and oxygen atoms in total. The minimum absolute atomic E-state index is 0.580. The third-order valence-electron chi connectivity index (χ3n) is 2.67. The van der Waals surface area contributed by atoms with E-state index in [9.17, 15) is 0 Å². The summed E-state index contributed by atoms with van der Waals surface area (Å²) in [4.78, 5) is 0. The lowest BCUT2D eigenvalue weighted by atomic mass is 9.91. The van der Waals surface area contributed by atoms with Gasteiger partial charge in [0.1, 0.15) is 6.23 Å². The maximum atomic E-state index is 9.11. The average Bonchev–Trinajstić information content (AvgIpc) is 2.24. The minimum Gasteiger partial charge on any atom is -0.379 e. The van der Waals surface area contributed by atoms with E-state index in [2.05, 4.69) is 31.7 Å². The second-order valence-corrected chi connectivity index (χ2v) is 4.27. The van der Waals surface area contributed by atoms with Gasteiger partial charge in [-0.15, -0.1) is 0 Å². The van der Waals surface area contributed by atoms with Crippen molar-refractivity contribution in [1.29, 1.82) is 0 Å². The number of hydrogen-bond donors (Lipinski definition) is 2. The number of hydrogen-bond acceptors (Lipinski definition) is 2. The van der Waals surface area contributed by atoms with E-state index < -0.39 is 6.23 Å². The predicted octanol–water partition coefficient (Wildman–Crippen LogP) is 2.68. The van der Waals surface area contributed by atoms with Gasteiger partial charge in [0.25, 0.3) is 0 Å². The van der Waals surface area contributed by atoms with E-state index in [-0.39, 0.29) is 0 Å². The molecule has 0 aromatic carbocycles. The second kappa shape index (κ2) is 6.46. The van der Waals surface area contributed by atoms with Gasteiger partial charge in [-0.25, -0.2) is 0 Å². The third kappa shape index (κ3) is 4.17. The monoisotopic (exact) mass is 219 g/mol. The van der Waals surface area contributed by atoms with Crippen LogP contribution in [-0.4, -0.2) is 11.3 Å². The molecule has 2 unspecified atom stereocenters. The van der Waals surface area contributed by atoms with E-state index in [1.807, 2.05) is 6.08 Å². The molecule has 2 atom stereocenters. The van der Waals surface area contributed by atoms with Crippen molar-refractivity contribution in [3.05, 3.63) is 48.1 Å². The predicted molar refractivity (Wildman–Crippen MR) is 68.7 cm³/mol. The van der Waals surface area contributed by atoms with E-state index >= 15 is 0 Å². The van der Waals surface area contributed by atoms with Crippen molar-refractivity contribution in [3.63, 3.8) is 0 Å². The molecule has 1 aliphatic rings. The lowest BCUT2D eigenvalue weighted by Gasteiger charge is -2.15. The maximum absolute atomic E-state index is 9.11. The lowest BCUT2D eigenvalue weighted by Crippen LogP contribution is -2.18. The summed E-state index contributed by atoms with van der Waals surface area (Å²) < 4.78 is 0. The standard InChI is InChI=1S/C14H21NO/c1-3-5-12(8-9-14(15)16)13-7-4-6-11(2)10-13/h3-5,7,10-11,14,16H,1,6,8-9,15H2,2H3/b12-5-. The summed E-state index contributed by atoms with van der Waals surface area (Å²) >= 11 is 0. The first-order valence-corrected chi connectivity index (χ1v) is 5.77. The summed E-state index contributed by atoms with van der Waals surface area (Å²) in [6.45, 7) is 5.92. The van der Waals surface area contributed by atoms with Crippen molar-refractivity contribution in [2.45, 2.75) is 32.4 Å². The molecule has 0 amide bonds. The molecule has 0 radical (unpaired) electrons. The van der Waals surface area contributed by atoms with Crippen LogP contribution in [0.4, 0.5) is 0 Å². The lowest BCUT2D eigenvalue weighted by molar-refractivity contribution is 0.172. The highest BCUT2D eigenvalue weighted by Crippen LogP contribution is 2.25. The topological polar surface area (TPSA) is 46.2 Å². The summed E-state index contributed by atoms with van der Waals surface area (Å²) in [5.41, 5.74) is 7.79. The normalized spacial score (nSPS) is 22.8. The van der Waals surface area contributed by atoms with Gasteiger partial charge in [0.2, 0.25) is 0 Å². The summed E-state index contributed by atoms with van der Waals surface area (Å²) in [6.07, 6.45) is 12.1. The Morgan fingerprint density at radius 1 is 1.75 bits per heavy atom. The zero-order valence-corrected chi connectivity index (χ0v) is 9.89. The smallest absolute Gasteiger partial charge is 0.102 e. The summed E-state index contributed by atoms with van der Waals surface area (Å²) in [7, 11) is 0. The fourth-order valence-electron chi connectivity index (χ4n) is 1.82. The molecule has 0 saturated heterocycles. The van der Waals surface area contributed by atoms with Crippen molar-refractivity contribution in [3.8, 4) is 0 Å². The van der Waals surface area contributed by atoms with Crippen LogP contribution in [0, 0.1) is 5.92 Å². The van der Waals surface area contributed by atoms with Gasteiger partial charge < -0.3 is 10.8 Å². The Morgan fingerprint density at radius 3 is 3.06 bits per heavy atom. The average molecular weight is 219 g/mol. The Morgan fingerprint density at radius 2 is 2.50 bits per heavy atom. The van der Waals surface area contributed by atoms with Crippen molar-refractivity contribution >= 4 is 0 Å². The largest absolute Gasteiger partial charge is 0.379 e. The number of allylic oxidation sites excluding steroid dienone is 7. The van der Waals surface area contributed by atoms with Crippen LogP contribution in [0.5, 0.6) is 0 Å². The molecule has 2 heteroatoms. The molecular formula is C14H21NO. The second-order valence-electron chi connectivity index (χ2n) is 4.27. The molecule has 0 bridgehead atoms. The zero-order chi connectivity index (χ0) is 12.0. The molecule has 1 aliphatic carbocycles. The van der Waals surface area contributed by atoms with E-state index in [1.54, 1.807) is 6.08 Å². The van der Waals surface area contributed by atoms with Crippen molar-refractivity contribution in [1.82, 2.24) is 0 Å². The van der Waals surface area contributed by atoms with E-state index in [0.717, 1.165) is 12.8 Å². The molecular weight excluding hydrogens is 198 g/mol. The number of nitrogens with two attached hydrogens (primary N) is 1. The minimum atomic E-state index is -0.737. The Bertz CT molecular complexity index is 324. The van der Waals surface area contributed by atoms with Crippen LogP contribution in [0.25, 0.3) is 0 Å². The van der Waals surface area contributed by atoms with Crippen LogP contribution < -0.4 is 5.73 Å². The highest BCUT2D eigenvalue weighted by molar-refractivity contribution is 5.43. The van der Waals surface area contributed by atoms with Gasteiger partial charge in [-0.3, -0.25) is 0 Å². The molecule has 0 aromatic heterocycles. The highest BCUT2D eigenvalue weighted by Gasteiger charge is 2.09. The SMILES string of the molecule is C=C/C=C(/CCC(N)O)C1=CC(C)CC=C1. The fourth-order valence-corrected chi connectivity index (χ4v) is 1.82. The van der Waals surface area contributed by atoms with Crippen LogP contribution in [0.1, 0.15) is 26.2 Å². The van der Waals surface area contributed by atoms with Crippen molar-refractivity contribution in [2.24, 2.45) is 11.7 Å². The quantitative estimate of drug-likeness (QED) is 0.551. The first-order chi connectivity index (χ1) is 7.63. The third-order valence-corrected chi connectivity index (χ3v) is 2.67. The van der Waals surface area contributed by atoms with Gasteiger partial charge in [0.05, 0.1) is 0 Å². The Labute approximate surface area is 97.9 Å². The van der Waals surface area contributed by atoms with Gasteiger partial charge in [-0.1, -0.05) is 43.9 Å². The van der Waals surface area contributed by atoms with E-state index in [1.165, 1.54) is 11.1 Å². The molecule has 16 heavy (non-hydrogen) atoms. The molecule has 0 heterocycles. The fraction of sp³-hybridized carbons (Fsp3) is 0.429. The molecule has 88 valence electrons. The number of aliphatic hydroxyl groups is 1. The first kappa shape index (κ1) is 12.9. The Balaban J connectivity index is 2.74. The molecule has 0 aromatic rings. The molecule has 1 rings (SSSR count). The van der Waals surface area contributed by atoms with Gasteiger partial charge in [-0.05, 0) is 36.3 Å². The molecule has 0 fully saturated rings. The van der Waals surface area contributed by atoms with Crippen LogP contribution in [0.3, 0.4) is 0 Å². The summed E-state index contributed by atoms with van der Waals surface area (Å²) in [6, 6.07) is 0. The van der Waals surface area contributed by atoms with Gasteiger partial charge in [0.15, 0.2) is 0 Å². The van der Waals surface area contributed by atoms with Crippen molar-refractivity contribution in [2.75, 3.05) is 0 Å². The van der Waals surface area contributed by atoms with Gasteiger partial charge in [0, 0.05) is 0 Å². The molecule has 0 saturated carbocycles. The van der Waals surface area contributed by atoms with Crippen LogP contribution in [0.15, 0.2) is 48.1 Å². The molecule has 0 spiro atoms. The Kier molecular flexibility index (Phi) is 5.23. The zero-order valence-electron chi connectivity index (χ0n) is 9.89. The molecule has 3 N–H and O–H groups in total. The van der Waals surface area contributed by atoms with E-state index in [4.69, 9.17) is 10.8 Å². The van der Waals surface area contributed by atoms with Crippen LogP contribution in [0.2, 0.25) is 0 Å². The van der Waals surface area contributed by atoms with E-state index in [0.29, 0.717) is 12.3 Å². The highest BCUT2D eigenvalue weighted by atomic mass is 16.3. The maximum Gasteiger partial charge on any atom is 0.102 e. The van der Waals surface area contributed by atoms with Gasteiger partial charge in [-0.2, -0.15) is 0 Å². The number of rotatable bonds is 5. The molecule has 0 aliphatic heterocycles. The summed E-state index contributed by atoms with van der Waals surface area (Å²) in [5, 5.41) is 9.11. The number of aliphatic hydroxyl groups excluding tert-OH is 1. The van der Waals surface area contributed by atoms with Crippen molar-refractivity contribution < 1.29 is 5.11 Å². The summed E-state index contributed by atoms with van der Waals surface area (Å²) in [5.74, 6) is 0.580. The van der Waals surface area contributed by atoms with Gasteiger partial charge >= 0.3 is 0 Å². The van der Waals surface area contributed by atoms with Crippen LogP contribution in [-0.2, 0) is 0 Å². The Hall–Kier alpha value is -1.12.